The summed E-state index contributed by atoms with van der Waals surface area (Å²) in [5.74, 6) is -0.920. The van der Waals surface area contributed by atoms with Crippen LogP contribution in [-0.2, 0) is 9.47 Å². The number of nitrogens with zero attached hydrogens (tertiary/aromatic N) is 1. The van der Waals surface area contributed by atoms with Crippen LogP contribution in [0.4, 0.5) is 0 Å². The van der Waals surface area contributed by atoms with Crippen LogP contribution in [0.3, 0.4) is 0 Å². The molecule has 0 aromatic heterocycles. The number of piperidine rings is 1. The Labute approximate surface area is 141 Å². The van der Waals surface area contributed by atoms with Crippen LogP contribution < -0.4 is 4.74 Å². The Bertz CT molecular complexity index is 580. The fourth-order valence-electron chi connectivity index (χ4n) is 2.67. The van der Waals surface area contributed by atoms with E-state index in [0.717, 1.165) is 12.8 Å². The first-order valence-electron chi connectivity index (χ1n) is 7.87. The lowest BCUT2D eigenvalue weighted by Crippen LogP contribution is -2.41. The van der Waals surface area contributed by atoms with Crippen LogP contribution in [0.25, 0.3) is 0 Å². The minimum atomic E-state index is -1.09. The summed E-state index contributed by atoms with van der Waals surface area (Å²) in [5.41, 5.74) is 0.362. The summed E-state index contributed by atoms with van der Waals surface area (Å²) in [7, 11) is 3.07. The van der Waals surface area contributed by atoms with Crippen molar-refractivity contribution in [3.63, 3.8) is 0 Å². The number of likely N-dealkylation sites (tertiary alicyclic amines) is 1. The third-order valence-corrected chi connectivity index (χ3v) is 4.01. The highest BCUT2D eigenvalue weighted by atomic mass is 16.5. The van der Waals surface area contributed by atoms with Crippen molar-refractivity contribution in [2.24, 2.45) is 0 Å². The van der Waals surface area contributed by atoms with Crippen LogP contribution in [0.15, 0.2) is 18.2 Å². The van der Waals surface area contributed by atoms with E-state index in [1.165, 1.54) is 19.2 Å². The van der Waals surface area contributed by atoms with Crippen LogP contribution in [0.2, 0.25) is 0 Å². The molecule has 0 unspecified atom stereocenters. The Hall–Kier alpha value is -2.12. The zero-order valence-electron chi connectivity index (χ0n) is 14.0. The number of aromatic carboxylic acids is 1. The second-order valence-electron chi connectivity index (χ2n) is 5.61. The molecular formula is C17H23NO6. The lowest BCUT2D eigenvalue weighted by atomic mass is 10.0. The Morgan fingerprint density at radius 3 is 2.38 bits per heavy atom. The molecule has 0 saturated carbocycles. The quantitative estimate of drug-likeness (QED) is 0.762. The van der Waals surface area contributed by atoms with Gasteiger partial charge in [-0.2, -0.15) is 0 Å². The number of methoxy groups -OCH3 is 2. The minimum Gasteiger partial charge on any atom is -0.497 e. The van der Waals surface area contributed by atoms with Gasteiger partial charge in [-0.15, -0.1) is 0 Å². The average molecular weight is 337 g/mol. The maximum atomic E-state index is 12.6. The highest BCUT2D eigenvalue weighted by molar-refractivity contribution is 5.98. The fourth-order valence-corrected chi connectivity index (χ4v) is 2.67. The molecule has 1 amide bonds. The van der Waals surface area contributed by atoms with Gasteiger partial charge in [-0.1, -0.05) is 0 Å². The average Bonchev–Trinajstić information content (AvgIpc) is 2.61. The van der Waals surface area contributed by atoms with E-state index in [0.29, 0.717) is 37.6 Å². The minimum absolute atomic E-state index is 0.0375. The van der Waals surface area contributed by atoms with Crippen molar-refractivity contribution in [3.05, 3.63) is 29.3 Å². The molecule has 2 rings (SSSR count). The molecule has 1 aromatic rings. The van der Waals surface area contributed by atoms with E-state index in [1.54, 1.807) is 18.1 Å². The van der Waals surface area contributed by atoms with Gasteiger partial charge in [0.25, 0.3) is 5.91 Å². The SMILES string of the molecule is COCCOC1CCN(C(=O)c2cc(OC)cc(C(=O)O)c2)CC1. The molecule has 1 aliphatic rings. The van der Waals surface area contributed by atoms with Crippen molar-refractivity contribution >= 4 is 11.9 Å². The number of carboxylic acids is 1. The second-order valence-corrected chi connectivity index (χ2v) is 5.61. The van der Waals surface area contributed by atoms with Crippen LogP contribution in [-0.4, -0.2) is 68.5 Å². The van der Waals surface area contributed by atoms with E-state index in [4.69, 9.17) is 19.3 Å². The third kappa shape index (κ3) is 4.69. The van der Waals surface area contributed by atoms with Crippen molar-refractivity contribution in [2.75, 3.05) is 40.5 Å². The Balaban J connectivity index is 2.00. The smallest absolute Gasteiger partial charge is 0.335 e. The molecule has 0 spiro atoms. The second kappa shape index (κ2) is 8.65. The molecule has 0 atom stereocenters. The standard InChI is InChI=1S/C17H23NO6/c1-22-7-8-24-14-3-5-18(6-4-14)16(19)12-9-13(17(20)21)11-15(10-12)23-2/h9-11,14H,3-8H2,1-2H3,(H,20,21). The number of carbonyl (C=O) groups is 2. The fraction of sp³-hybridized carbons (Fsp3) is 0.529. The van der Waals surface area contributed by atoms with E-state index < -0.39 is 5.97 Å². The Kier molecular flexibility index (Phi) is 6.57. The molecule has 1 fully saturated rings. The summed E-state index contributed by atoms with van der Waals surface area (Å²) >= 11 is 0. The number of amides is 1. The van der Waals surface area contributed by atoms with Gasteiger partial charge in [0, 0.05) is 25.8 Å². The van der Waals surface area contributed by atoms with Gasteiger partial charge in [0.1, 0.15) is 5.75 Å². The largest absolute Gasteiger partial charge is 0.497 e. The first kappa shape index (κ1) is 18.2. The van der Waals surface area contributed by atoms with Gasteiger partial charge >= 0.3 is 5.97 Å². The van der Waals surface area contributed by atoms with Gasteiger partial charge in [-0.3, -0.25) is 4.79 Å². The molecule has 1 aromatic carbocycles. The van der Waals surface area contributed by atoms with Crippen LogP contribution in [0, 0.1) is 0 Å². The Morgan fingerprint density at radius 1 is 1.12 bits per heavy atom. The van der Waals surface area contributed by atoms with Crippen LogP contribution in [0.1, 0.15) is 33.6 Å². The van der Waals surface area contributed by atoms with Crippen molar-refractivity contribution < 1.29 is 28.9 Å². The number of hydrogen-bond donors (Lipinski definition) is 1. The predicted molar refractivity (Wildman–Crippen MR) is 86.7 cm³/mol. The van der Waals surface area contributed by atoms with Gasteiger partial charge in [0.05, 0.1) is 32.0 Å². The predicted octanol–water partition coefficient (Wildman–Crippen LogP) is 1.66. The van der Waals surface area contributed by atoms with Gasteiger partial charge in [0.15, 0.2) is 0 Å². The summed E-state index contributed by atoms with van der Waals surface area (Å²) < 4.78 is 15.7. The molecule has 0 aliphatic carbocycles. The molecule has 1 saturated heterocycles. The van der Waals surface area contributed by atoms with Crippen molar-refractivity contribution in [3.8, 4) is 5.75 Å². The maximum absolute atomic E-state index is 12.6. The number of carboxylic acid groups (broad SMARTS) is 1. The molecule has 1 heterocycles. The first-order valence-corrected chi connectivity index (χ1v) is 7.87. The molecular weight excluding hydrogens is 314 g/mol. The molecule has 1 aliphatic heterocycles. The number of ether oxygens (including phenoxy) is 3. The van der Waals surface area contributed by atoms with Crippen molar-refractivity contribution in [1.29, 1.82) is 0 Å². The van der Waals surface area contributed by atoms with Gasteiger partial charge < -0.3 is 24.2 Å². The van der Waals surface area contributed by atoms with E-state index in [9.17, 15) is 9.59 Å². The molecule has 132 valence electrons. The molecule has 1 N–H and O–H groups in total. The molecule has 0 radical (unpaired) electrons. The third-order valence-electron chi connectivity index (χ3n) is 4.01. The summed E-state index contributed by atoms with van der Waals surface area (Å²) in [6.45, 7) is 2.26. The summed E-state index contributed by atoms with van der Waals surface area (Å²) in [6.07, 6.45) is 1.64. The van der Waals surface area contributed by atoms with E-state index in [-0.39, 0.29) is 17.6 Å². The summed E-state index contributed by atoms with van der Waals surface area (Å²) in [6, 6.07) is 4.35. The Morgan fingerprint density at radius 2 is 1.79 bits per heavy atom. The lowest BCUT2D eigenvalue weighted by molar-refractivity contribution is -0.0122. The molecule has 7 heteroatoms. The number of hydrogen-bond acceptors (Lipinski definition) is 5. The van der Waals surface area contributed by atoms with Crippen molar-refractivity contribution in [1.82, 2.24) is 4.90 Å². The van der Waals surface area contributed by atoms with Crippen molar-refractivity contribution in [2.45, 2.75) is 18.9 Å². The van der Waals surface area contributed by atoms with E-state index in [2.05, 4.69) is 0 Å². The molecule has 24 heavy (non-hydrogen) atoms. The summed E-state index contributed by atoms with van der Waals surface area (Å²) in [4.78, 5) is 25.5. The van der Waals surface area contributed by atoms with Gasteiger partial charge in [-0.25, -0.2) is 4.79 Å². The normalized spacial score (nSPS) is 15.3. The zero-order chi connectivity index (χ0) is 17.5. The molecule has 7 nitrogen and oxygen atoms in total. The maximum Gasteiger partial charge on any atom is 0.335 e. The highest BCUT2D eigenvalue weighted by Gasteiger charge is 2.25. The van der Waals surface area contributed by atoms with Crippen LogP contribution >= 0.6 is 0 Å². The monoisotopic (exact) mass is 337 g/mol. The number of benzene rings is 1. The lowest BCUT2D eigenvalue weighted by Gasteiger charge is -2.32. The van der Waals surface area contributed by atoms with Gasteiger partial charge in [0.2, 0.25) is 0 Å². The summed E-state index contributed by atoms with van der Waals surface area (Å²) in [5, 5.41) is 9.15. The highest BCUT2D eigenvalue weighted by Crippen LogP contribution is 2.21. The first-order chi connectivity index (χ1) is 11.5. The van der Waals surface area contributed by atoms with E-state index in [1.807, 2.05) is 0 Å². The number of carbonyl (C=O) groups excluding carboxylic acids is 1. The number of rotatable bonds is 7. The topological polar surface area (TPSA) is 85.3 Å². The zero-order valence-corrected chi connectivity index (χ0v) is 14.0. The van der Waals surface area contributed by atoms with E-state index >= 15 is 0 Å². The van der Waals surface area contributed by atoms with Gasteiger partial charge in [-0.05, 0) is 31.0 Å². The van der Waals surface area contributed by atoms with Crippen LogP contribution in [0.5, 0.6) is 5.75 Å². The molecule has 0 bridgehead atoms.